The van der Waals surface area contributed by atoms with Gasteiger partial charge in [-0.25, -0.2) is 4.79 Å². The topological polar surface area (TPSA) is 84.1 Å². The third kappa shape index (κ3) is 4.16. The molecule has 4 rings (SSSR count). The number of aromatic amines is 1. The molecule has 1 amide bonds. The number of H-pyrrole nitrogens is 1. The summed E-state index contributed by atoms with van der Waals surface area (Å²) in [7, 11) is 0. The lowest BCUT2D eigenvalue weighted by Crippen LogP contribution is -2.16. The van der Waals surface area contributed by atoms with Gasteiger partial charge in [-0.15, -0.1) is 11.3 Å². The van der Waals surface area contributed by atoms with Crippen LogP contribution in [0.4, 0.5) is 5.00 Å². The molecular weight excluding hydrogens is 398 g/mol. The number of amides is 1. The number of ether oxygens (including phenoxy) is 1. The maximum absolute atomic E-state index is 12.9. The van der Waals surface area contributed by atoms with Crippen LogP contribution in [0.2, 0.25) is 0 Å². The summed E-state index contributed by atoms with van der Waals surface area (Å²) in [6, 6.07) is 9.69. The van der Waals surface area contributed by atoms with Crippen LogP contribution < -0.4 is 5.32 Å². The maximum Gasteiger partial charge on any atom is 0.341 e. The van der Waals surface area contributed by atoms with Crippen LogP contribution in [-0.2, 0) is 17.6 Å². The van der Waals surface area contributed by atoms with Crippen LogP contribution in [0, 0.1) is 6.92 Å². The molecule has 156 valence electrons. The van der Waals surface area contributed by atoms with Crippen LogP contribution in [0.1, 0.15) is 63.0 Å². The Bertz CT molecular complexity index is 1070. The van der Waals surface area contributed by atoms with Crippen LogP contribution in [0.3, 0.4) is 0 Å². The highest BCUT2D eigenvalue weighted by molar-refractivity contribution is 7.17. The number of carbonyl (C=O) groups excluding carboxylic acids is 2. The Morgan fingerprint density at radius 1 is 1.20 bits per heavy atom. The van der Waals surface area contributed by atoms with Crippen LogP contribution in [-0.4, -0.2) is 28.7 Å². The van der Waals surface area contributed by atoms with Crippen LogP contribution in [0.25, 0.3) is 11.3 Å². The fourth-order valence-electron chi connectivity index (χ4n) is 3.62. The van der Waals surface area contributed by atoms with Gasteiger partial charge >= 0.3 is 5.97 Å². The fourth-order valence-corrected chi connectivity index (χ4v) is 4.89. The largest absolute Gasteiger partial charge is 0.462 e. The third-order valence-electron chi connectivity index (χ3n) is 5.21. The number of aryl methyl sites for hydroxylation is 2. The van der Waals surface area contributed by atoms with Gasteiger partial charge in [-0.3, -0.25) is 9.89 Å². The molecule has 0 bridgehead atoms. The van der Waals surface area contributed by atoms with Gasteiger partial charge in [0.05, 0.1) is 17.9 Å². The summed E-state index contributed by atoms with van der Waals surface area (Å²) in [5.41, 5.74) is 4.71. The predicted molar refractivity (Wildman–Crippen MR) is 118 cm³/mol. The number of aromatic nitrogens is 2. The van der Waals surface area contributed by atoms with Gasteiger partial charge in [0.15, 0.2) is 0 Å². The third-order valence-corrected chi connectivity index (χ3v) is 6.42. The van der Waals surface area contributed by atoms with E-state index in [0.717, 1.165) is 48.8 Å². The zero-order valence-corrected chi connectivity index (χ0v) is 18.0. The second-order valence-corrected chi connectivity index (χ2v) is 8.64. The minimum Gasteiger partial charge on any atom is -0.462 e. The number of hydrogen-bond donors (Lipinski definition) is 2. The van der Waals surface area contributed by atoms with Crippen molar-refractivity contribution in [2.75, 3.05) is 11.9 Å². The van der Waals surface area contributed by atoms with Crippen molar-refractivity contribution in [2.24, 2.45) is 0 Å². The summed E-state index contributed by atoms with van der Waals surface area (Å²) in [6.07, 6.45) is 4.69. The molecular formula is C23H25N3O3S. The van der Waals surface area contributed by atoms with Gasteiger partial charge in [0.1, 0.15) is 10.7 Å². The molecule has 1 aromatic carbocycles. The molecule has 2 aromatic heterocycles. The molecule has 2 heterocycles. The zero-order chi connectivity index (χ0) is 21.1. The number of rotatable bonds is 6. The van der Waals surface area contributed by atoms with Crippen molar-refractivity contribution in [1.82, 2.24) is 10.2 Å². The van der Waals surface area contributed by atoms with Gasteiger partial charge in [0.2, 0.25) is 0 Å². The molecule has 0 saturated heterocycles. The van der Waals surface area contributed by atoms with Gasteiger partial charge in [-0.2, -0.15) is 5.10 Å². The smallest absolute Gasteiger partial charge is 0.341 e. The number of anilines is 1. The molecule has 0 atom stereocenters. The Labute approximate surface area is 179 Å². The lowest BCUT2D eigenvalue weighted by atomic mass is 9.95. The summed E-state index contributed by atoms with van der Waals surface area (Å²) in [5.74, 6) is -0.666. The average Bonchev–Trinajstić information content (AvgIpc) is 3.37. The summed E-state index contributed by atoms with van der Waals surface area (Å²) in [4.78, 5) is 26.8. The van der Waals surface area contributed by atoms with Crippen molar-refractivity contribution in [3.8, 4) is 11.3 Å². The highest BCUT2D eigenvalue weighted by atomic mass is 32.1. The van der Waals surface area contributed by atoms with E-state index in [1.165, 1.54) is 16.2 Å². The Morgan fingerprint density at radius 2 is 1.97 bits per heavy atom. The number of benzene rings is 1. The summed E-state index contributed by atoms with van der Waals surface area (Å²) in [5, 5.41) is 10.6. The lowest BCUT2D eigenvalue weighted by Gasteiger charge is -2.12. The highest BCUT2D eigenvalue weighted by Gasteiger charge is 2.27. The molecule has 7 heteroatoms. The van der Waals surface area contributed by atoms with Crippen molar-refractivity contribution < 1.29 is 14.3 Å². The van der Waals surface area contributed by atoms with Gasteiger partial charge in [-0.1, -0.05) is 36.8 Å². The molecule has 0 saturated carbocycles. The number of fused-ring (bicyclic) bond motifs is 1. The van der Waals surface area contributed by atoms with Gasteiger partial charge < -0.3 is 10.1 Å². The zero-order valence-electron chi connectivity index (χ0n) is 17.2. The van der Waals surface area contributed by atoms with E-state index in [2.05, 4.69) is 15.5 Å². The normalized spacial score (nSPS) is 13.0. The van der Waals surface area contributed by atoms with E-state index in [1.54, 1.807) is 6.07 Å². The van der Waals surface area contributed by atoms with Crippen LogP contribution >= 0.6 is 11.3 Å². The number of hydrogen-bond acceptors (Lipinski definition) is 5. The first-order valence-electron chi connectivity index (χ1n) is 10.3. The van der Waals surface area contributed by atoms with E-state index in [4.69, 9.17) is 4.74 Å². The number of nitrogens with one attached hydrogen (secondary N) is 2. The molecule has 0 fully saturated rings. The Morgan fingerprint density at radius 3 is 2.73 bits per heavy atom. The van der Waals surface area contributed by atoms with Gasteiger partial charge in [-0.05, 0) is 50.7 Å². The van der Waals surface area contributed by atoms with Gasteiger partial charge in [0.25, 0.3) is 5.91 Å². The first kappa shape index (κ1) is 20.3. The number of nitrogens with zero attached hydrogens (tertiary/aromatic N) is 1. The van der Waals surface area contributed by atoms with Crippen molar-refractivity contribution in [1.29, 1.82) is 0 Å². The molecule has 2 N–H and O–H groups in total. The SMILES string of the molecule is CCCOC(=O)c1c(NC(=O)c2cc(-c3ccc(C)cc3)n[nH]2)sc2c1CCCC2. The molecule has 30 heavy (non-hydrogen) atoms. The first-order chi connectivity index (χ1) is 14.6. The highest BCUT2D eigenvalue weighted by Crippen LogP contribution is 2.38. The number of thiophene rings is 1. The van der Waals surface area contributed by atoms with E-state index >= 15 is 0 Å². The molecule has 6 nitrogen and oxygen atoms in total. The second kappa shape index (κ2) is 8.83. The van der Waals surface area contributed by atoms with Gasteiger partial charge in [0, 0.05) is 10.4 Å². The van der Waals surface area contributed by atoms with E-state index in [0.29, 0.717) is 28.6 Å². The van der Waals surface area contributed by atoms with Crippen LogP contribution in [0.5, 0.6) is 0 Å². The monoisotopic (exact) mass is 423 g/mol. The summed E-state index contributed by atoms with van der Waals surface area (Å²) in [6.45, 7) is 4.36. The Hall–Kier alpha value is -2.93. The number of carbonyl (C=O) groups is 2. The first-order valence-corrected chi connectivity index (χ1v) is 11.1. The predicted octanol–water partition coefficient (Wildman–Crippen LogP) is 5.14. The van der Waals surface area contributed by atoms with E-state index in [1.807, 2.05) is 38.1 Å². The molecule has 1 aliphatic carbocycles. The average molecular weight is 424 g/mol. The van der Waals surface area contributed by atoms with E-state index < -0.39 is 0 Å². The molecule has 0 radical (unpaired) electrons. The number of esters is 1. The summed E-state index contributed by atoms with van der Waals surface area (Å²) < 4.78 is 5.40. The molecule has 0 spiro atoms. The van der Waals surface area contributed by atoms with E-state index in [-0.39, 0.29) is 11.9 Å². The summed E-state index contributed by atoms with van der Waals surface area (Å²) >= 11 is 1.48. The fraction of sp³-hybridized carbons (Fsp3) is 0.348. The standard InChI is InChI=1S/C23H25N3O3S/c1-3-12-29-23(28)20-16-6-4-5-7-19(16)30-22(20)24-21(27)18-13-17(25-26-18)15-10-8-14(2)9-11-15/h8-11,13H,3-7,12H2,1-2H3,(H,24,27)(H,25,26). The second-order valence-electron chi connectivity index (χ2n) is 7.54. The van der Waals surface area contributed by atoms with Crippen molar-refractivity contribution >= 4 is 28.2 Å². The quantitative estimate of drug-likeness (QED) is 0.538. The molecule has 3 aromatic rings. The van der Waals surface area contributed by atoms with Crippen molar-refractivity contribution in [3.05, 3.63) is 57.6 Å². The molecule has 0 unspecified atom stereocenters. The van der Waals surface area contributed by atoms with Crippen molar-refractivity contribution in [3.63, 3.8) is 0 Å². The lowest BCUT2D eigenvalue weighted by molar-refractivity contribution is 0.0505. The van der Waals surface area contributed by atoms with Crippen molar-refractivity contribution in [2.45, 2.75) is 46.0 Å². The van der Waals surface area contributed by atoms with E-state index in [9.17, 15) is 9.59 Å². The minimum absolute atomic E-state index is 0.316. The maximum atomic E-state index is 12.9. The molecule has 1 aliphatic rings. The Kier molecular flexibility index (Phi) is 5.99. The molecule has 0 aliphatic heterocycles. The minimum atomic E-state index is -0.350. The Balaban J connectivity index is 1.58. The van der Waals surface area contributed by atoms with Crippen LogP contribution in [0.15, 0.2) is 30.3 Å².